The summed E-state index contributed by atoms with van der Waals surface area (Å²) in [7, 11) is 0. The smallest absolute Gasteiger partial charge is 0.389 e. The van der Waals surface area contributed by atoms with Crippen molar-refractivity contribution < 1.29 is 23.1 Å². The van der Waals surface area contributed by atoms with Crippen LogP contribution in [0.3, 0.4) is 0 Å². The van der Waals surface area contributed by atoms with E-state index in [1.54, 1.807) is 0 Å². The summed E-state index contributed by atoms with van der Waals surface area (Å²) in [6.07, 6.45) is -3.84. The lowest BCUT2D eigenvalue weighted by Crippen LogP contribution is -2.11. The number of aromatic nitrogens is 1. The van der Waals surface area contributed by atoms with Crippen LogP contribution in [0.2, 0.25) is 0 Å². The van der Waals surface area contributed by atoms with Gasteiger partial charge >= 0.3 is 12.1 Å². The van der Waals surface area contributed by atoms with E-state index < -0.39 is 18.6 Å². The number of halogens is 3. The van der Waals surface area contributed by atoms with Crippen molar-refractivity contribution in [2.24, 2.45) is 0 Å². The number of rotatable bonds is 5. The number of hydrogen-bond acceptors (Lipinski definition) is 3. The van der Waals surface area contributed by atoms with Crippen molar-refractivity contribution in [1.82, 2.24) is 4.98 Å². The first-order valence-corrected chi connectivity index (χ1v) is 4.88. The summed E-state index contributed by atoms with van der Waals surface area (Å²) >= 11 is 0. The average Bonchev–Trinajstić information content (AvgIpc) is 2.23. The van der Waals surface area contributed by atoms with Crippen LogP contribution < -0.4 is 5.32 Å². The Hall–Kier alpha value is -1.79. The SMILES string of the molecule is O=C(O)c1ccnc(NCCCC(F)(F)F)c1. The quantitative estimate of drug-likeness (QED) is 0.786. The van der Waals surface area contributed by atoms with E-state index in [0.717, 1.165) is 0 Å². The Morgan fingerprint density at radius 1 is 1.47 bits per heavy atom. The fraction of sp³-hybridized carbons (Fsp3) is 0.400. The Kier molecular flexibility index (Phi) is 4.30. The van der Waals surface area contributed by atoms with Crippen LogP contribution in [-0.4, -0.2) is 28.8 Å². The molecular weight excluding hydrogens is 237 g/mol. The number of carboxylic acids is 1. The van der Waals surface area contributed by atoms with E-state index in [-0.39, 0.29) is 24.3 Å². The lowest BCUT2D eigenvalue weighted by molar-refractivity contribution is -0.134. The van der Waals surface area contributed by atoms with Gasteiger partial charge in [-0.15, -0.1) is 0 Å². The largest absolute Gasteiger partial charge is 0.478 e. The number of nitrogens with zero attached hydrogens (tertiary/aromatic N) is 1. The van der Waals surface area contributed by atoms with Crippen molar-refractivity contribution in [2.45, 2.75) is 19.0 Å². The summed E-state index contributed by atoms with van der Waals surface area (Å²) in [6.45, 7) is 0.0928. The van der Waals surface area contributed by atoms with Crippen molar-refractivity contribution in [3.63, 3.8) is 0 Å². The number of pyridine rings is 1. The molecule has 1 aromatic heterocycles. The molecule has 0 saturated heterocycles. The number of anilines is 1. The van der Waals surface area contributed by atoms with Crippen LogP contribution in [0.4, 0.5) is 19.0 Å². The van der Waals surface area contributed by atoms with Crippen LogP contribution in [0.15, 0.2) is 18.3 Å². The molecule has 0 unspecified atom stereocenters. The highest BCUT2D eigenvalue weighted by Crippen LogP contribution is 2.21. The standard InChI is InChI=1S/C10H11F3N2O2/c11-10(12,13)3-1-4-14-8-6-7(9(16)17)2-5-15-8/h2,5-6H,1,3-4H2,(H,14,15)(H,16,17). The Labute approximate surface area is 95.5 Å². The van der Waals surface area contributed by atoms with Crippen molar-refractivity contribution in [1.29, 1.82) is 0 Å². The molecule has 0 aromatic carbocycles. The summed E-state index contributed by atoms with van der Waals surface area (Å²) in [5, 5.41) is 11.3. The first kappa shape index (κ1) is 13.3. The minimum absolute atomic E-state index is 0.0401. The van der Waals surface area contributed by atoms with E-state index >= 15 is 0 Å². The number of nitrogens with one attached hydrogen (secondary N) is 1. The van der Waals surface area contributed by atoms with E-state index in [1.165, 1.54) is 18.3 Å². The maximum atomic E-state index is 11.8. The van der Waals surface area contributed by atoms with Gasteiger partial charge < -0.3 is 10.4 Å². The van der Waals surface area contributed by atoms with Crippen LogP contribution in [0.25, 0.3) is 0 Å². The highest BCUT2D eigenvalue weighted by atomic mass is 19.4. The molecule has 0 amide bonds. The van der Waals surface area contributed by atoms with Gasteiger partial charge in [0.1, 0.15) is 5.82 Å². The van der Waals surface area contributed by atoms with Crippen LogP contribution in [-0.2, 0) is 0 Å². The van der Waals surface area contributed by atoms with Gasteiger partial charge in [0.05, 0.1) is 5.56 Å². The molecule has 0 bridgehead atoms. The van der Waals surface area contributed by atoms with Gasteiger partial charge in [-0.1, -0.05) is 0 Å². The van der Waals surface area contributed by atoms with Crippen LogP contribution in [0.1, 0.15) is 23.2 Å². The lowest BCUT2D eigenvalue weighted by atomic mass is 10.2. The van der Waals surface area contributed by atoms with E-state index in [2.05, 4.69) is 10.3 Å². The summed E-state index contributed by atoms with van der Waals surface area (Å²) in [5.74, 6) is -0.849. The normalized spacial score (nSPS) is 11.2. The summed E-state index contributed by atoms with van der Waals surface area (Å²) in [4.78, 5) is 14.4. The van der Waals surface area contributed by atoms with Gasteiger partial charge in [0.15, 0.2) is 0 Å². The number of alkyl halides is 3. The Bertz CT molecular complexity index is 393. The molecule has 94 valence electrons. The predicted octanol–water partition coefficient (Wildman–Crippen LogP) is 2.53. The Morgan fingerprint density at radius 3 is 2.76 bits per heavy atom. The minimum Gasteiger partial charge on any atom is -0.478 e. The van der Waals surface area contributed by atoms with E-state index in [0.29, 0.717) is 0 Å². The molecule has 17 heavy (non-hydrogen) atoms. The minimum atomic E-state index is -4.17. The molecule has 0 radical (unpaired) electrons. The van der Waals surface area contributed by atoms with Crippen LogP contribution in [0.5, 0.6) is 0 Å². The van der Waals surface area contributed by atoms with E-state index in [4.69, 9.17) is 5.11 Å². The van der Waals surface area contributed by atoms with Gasteiger partial charge in [0, 0.05) is 19.2 Å². The second kappa shape index (κ2) is 5.51. The molecule has 0 aliphatic carbocycles. The number of aromatic carboxylic acids is 1. The summed E-state index contributed by atoms with van der Waals surface area (Å²) in [6, 6.07) is 2.58. The van der Waals surface area contributed by atoms with Gasteiger partial charge in [-0.2, -0.15) is 13.2 Å². The fourth-order valence-corrected chi connectivity index (χ4v) is 1.17. The highest BCUT2D eigenvalue weighted by Gasteiger charge is 2.25. The lowest BCUT2D eigenvalue weighted by Gasteiger charge is -2.08. The van der Waals surface area contributed by atoms with Crippen molar-refractivity contribution in [2.75, 3.05) is 11.9 Å². The second-order valence-electron chi connectivity index (χ2n) is 3.38. The number of carboxylic acid groups (broad SMARTS) is 1. The molecule has 0 fully saturated rings. The summed E-state index contributed by atoms with van der Waals surface area (Å²) in [5.41, 5.74) is 0.0401. The third kappa shape index (κ3) is 5.19. The maximum absolute atomic E-state index is 11.8. The average molecular weight is 248 g/mol. The fourth-order valence-electron chi connectivity index (χ4n) is 1.17. The first-order valence-electron chi connectivity index (χ1n) is 4.88. The molecule has 0 aliphatic rings. The molecule has 4 nitrogen and oxygen atoms in total. The molecule has 0 saturated carbocycles. The van der Waals surface area contributed by atoms with Gasteiger partial charge in [0.2, 0.25) is 0 Å². The van der Waals surface area contributed by atoms with Gasteiger partial charge in [-0.05, 0) is 18.6 Å². The molecule has 2 N–H and O–H groups in total. The molecule has 1 rings (SSSR count). The molecule has 0 aliphatic heterocycles. The zero-order valence-electron chi connectivity index (χ0n) is 8.79. The first-order chi connectivity index (χ1) is 7.88. The highest BCUT2D eigenvalue weighted by molar-refractivity contribution is 5.88. The van der Waals surface area contributed by atoms with Gasteiger partial charge in [-0.25, -0.2) is 9.78 Å². The van der Waals surface area contributed by atoms with Gasteiger partial charge in [-0.3, -0.25) is 0 Å². The van der Waals surface area contributed by atoms with E-state index in [1.807, 2.05) is 0 Å². The molecule has 0 spiro atoms. The monoisotopic (exact) mass is 248 g/mol. The van der Waals surface area contributed by atoms with Crippen LogP contribution in [0, 0.1) is 0 Å². The van der Waals surface area contributed by atoms with E-state index in [9.17, 15) is 18.0 Å². The molecule has 0 atom stereocenters. The molecule has 7 heteroatoms. The maximum Gasteiger partial charge on any atom is 0.389 e. The second-order valence-corrected chi connectivity index (χ2v) is 3.38. The third-order valence-corrected chi connectivity index (χ3v) is 1.95. The van der Waals surface area contributed by atoms with Crippen LogP contribution >= 0.6 is 0 Å². The summed E-state index contributed by atoms with van der Waals surface area (Å²) < 4.78 is 35.5. The molecular formula is C10H11F3N2O2. The number of carbonyl (C=O) groups is 1. The topological polar surface area (TPSA) is 62.2 Å². The molecule has 1 aromatic rings. The predicted molar refractivity (Wildman–Crippen MR) is 55.0 cm³/mol. The Balaban J connectivity index is 2.42. The molecule has 1 heterocycles. The number of hydrogen-bond donors (Lipinski definition) is 2. The zero-order chi connectivity index (χ0) is 12.9. The zero-order valence-corrected chi connectivity index (χ0v) is 8.79. The van der Waals surface area contributed by atoms with Crippen molar-refractivity contribution in [3.8, 4) is 0 Å². The van der Waals surface area contributed by atoms with Crippen molar-refractivity contribution in [3.05, 3.63) is 23.9 Å². The van der Waals surface area contributed by atoms with Gasteiger partial charge in [0.25, 0.3) is 0 Å². The van der Waals surface area contributed by atoms with Crippen molar-refractivity contribution >= 4 is 11.8 Å². The Morgan fingerprint density at radius 2 is 2.18 bits per heavy atom. The third-order valence-electron chi connectivity index (χ3n) is 1.95.